The number of carbonyl (C=O) groups is 1. The van der Waals surface area contributed by atoms with E-state index in [1.807, 2.05) is 13.8 Å². The Hall–Kier alpha value is -2.47. The Kier molecular flexibility index (Phi) is 4.24. The first kappa shape index (κ1) is 17.4. The number of phenolic OH excluding ortho intramolecular Hbond substituents is 1. The van der Waals surface area contributed by atoms with Gasteiger partial charge in [0.25, 0.3) is 5.91 Å². The van der Waals surface area contributed by atoms with Crippen LogP contribution < -0.4 is 5.32 Å². The minimum Gasteiger partial charge on any atom is -0.506 e. The van der Waals surface area contributed by atoms with Gasteiger partial charge in [-0.15, -0.1) is 11.3 Å². The Morgan fingerprint density at radius 3 is 2.48 bits per heavy atom. The second-order valence-electron chi connectivity index (χ2n) is 7.09. The Balaban J connectivity index is 2.05. The highest BCUT2D eigenvalue weighted by Gasteiger charge is 2.23. The summed E-state index contributed by atoms with van der Waals surface area (Å²) in [6.07, 6.45) is 0. The van der Waals surface area contributed by atoms with Gasteiger partial charge in [0.1, 0.15) is 16.4 Å². The molecular weight excluding hydrogens is 334 g/mol. The third-order valence-corrected chi connectivity index (χ3v) is 5.18. The predicted molar refractivity (Wildman–Crippen MR) is 102 cm³/mol. The molecule has 0 spiro atoms. The van der Waals surface area contributed by atoms with E-state index in [9.17, 15) is 9.90 Å². The van der Waals surface area contributed by atoms with Crippen molar-refractivity contribution in [3.63, 3.8) is 0 Å². The molecule has 1 aromatic carbocycles. The maximum absolute atomic E-state index is 12.7. The number of anilines is 1. The highest BCUT2D eigenvalue weighted by atomic mass is 32.1. The number of rotatable bonds is 2. The second-order valence-corrected chi connectivity index (χ2v) is 8.09. The molecule has 2 heterocycles. The van der Waals surface area contributed by atoms with Gasteiger partial charge in [-0.2, -0.15) is 0 Å². The first-order valence-electron chi connectivity index (χ1n) is 8.06. The summed E-state index contributed by atoms with van der Waals surface area (Å²) in [4.78, 5) is 23.4. The fourth-order valence-corrected chi connectivity index (χ4v) is 3.78. The third kappa shape index (κ3) is 3.22. The van der Waals surface area contributed by atoms with Crippen LogP contribution in [0.1, 0.15) is 47.5 Å². The lowest BCUT2D eigenvalue weighted by Crippen LogP contribution is -2.16. The van der Waals surface area contributed by atoms with Crippen LogP contribution in [0.5, 0.6) is 5.75 Å². The normalized spacial score (nSPS) is 11.7. The number of hydrogen-bond donors (Lipinski definition) is 2. The Morgan fingerprint density at radius 1 is 1.16 bits per heavy atom. The number of phenols is 1. The van der Waals surface area contributed by atoms with Crippen LogP contribution in [0, 0.1) is 13.8 Å². The lowest BCUT2D eigenvalue weighted by molar-refractivity contribution is 0.102. The van der Waals surface area contributed by atoms with Gasteiger partial charge in [0.05, 0.1) is 16.3 Å². The van der Waals surface area contributed by atoms with Crippen LogP contribution in [0.15, 0.2) is 24.3 Å². The fourth-order valence-electron chi connectivity index (χ4n) is 2.65. The summed E-state index contributed by atoms with van der Waals surface area (Å²) < 4.78 is 0. The van der Waals surface area contributed by atoms with Crippen molar-refractivity contribution in [3.8, 4) is 5.75 Å². The lowest BCUT2D eigenvalue weighted by atomic mass is 9.95. The summed E-state index contributed by atoms with van der Waals surface area (Å²) in [5, 5.41) is 13.5. The zero-order valence-electron chi connectivity index (χ0n) is 15.0. The van der Waals surface area contributed by atoms with E-state index in [1.54, 1.807) is 24.3 Å². The van der Waals surface area contributed by atoms with Crippen molar-refractivity contribution in [2.24, 2.45) is 0 Å². The highest BCUT2D eigenvalue weighted by Crippen LogP contribution is 2.34. The lowest BCUT2D eigenvalue weighted by Gasteiger charge is -2.16. The van der Waals surface area contributed by atoms with Gasteiger partial charge in [-0.25, -0.2) is 9.97 Å². The number of hydrogen-bond acceptors (Lipinski definition) is 5. The smallest absolute Gasteiger partial charge is 0.266 e. The molecule has 0 aliphatic rings. The molecule has 3 aromatic rings. The Labute approximate surface area is 150 Å². The maximum atomic E-state index is 12.7. The third-order valence-electron chi connectivity index (χ3n) is 4.00. The first-order valence-corrected chi connectivity index (χ1v) is 8.87. The number of thiophene rings is 1. The molecular formula is C19H21N3O2S. The first-order chi connectivity index (χ1) is 11.7. The van der Waals surface area contributed by atoms with E-state index in [0.717, 1.165) is 27.3 Å². The Bertz CT molecular complexity index is 971. The van der Waals surface area contributed by atoms with Gasteiger partial charge in [-0.3, -0.25) is 4.79 Å². The molecule has 2 N–H and O–H groups in total. The van der Waals surface area contributed by atoms with Crippen molar-refractivity contribution in [3.05, 3.63) is 46.2 Å². The summed E-state index contributed by atoms with van der Waals surface area (Å²) in [5.41, 5.74) is 1.98. The average Bonchev–Trinajstić information content (AvgIpc) is 2.86. The molecule has 6 heteroatoms. The molecule has 0 fully saturated rings. The van der Waals surface area contributed by atoms with Crippen LogP contribution in [-0.2, 0) is 5.41 Å². The van der Waals surface area contributed by atoms with Gasteiger partial charge in [0, 0.05) is 10.8 Å². The fraction of sp³-hybridized carbons (Fsp3) is 0.316. The number of aryl methyl sites for hydroxylation is 2. The number of carbonyl (C=O) groups excluding carboxylic acids is 1. The standard InChI is InChI=1S/C19H21N3O2S/c1-10-14-11(2)20-18(19(3,4)5)22-17(14)25-15(10)16(24)21-12-8-6-7-9-13(12)23/h6-9,23H,1-5H3,(H,21,24). The number of aromatic nitrogens is 2. The number of para-hydroxylation sites is 2. The van der Waals surface area contributed by atoms with E-state index in [1.165, 1.54) is 11.3 Å². The van der Waals surface area contributed by atoms with Crippen molar-refractivity contribution in [2.45, 2.75) is 40.0 Å². The molecule has 0 saturated heterocycles. The molecule has 0 unspecified atom stereocenters. The molecule has 0 atom stereocenters. The number of aromatic hydroxyl groups is 1. The minimum absolute atomic E-state index is 0.0422. The molecule has 0 radical (unpaired) electrons. The zero-order chi connectivity index (χ0) is 18.4. The Morgan fingerprint density at radius 2 is 1.84 bits per heavy atom. The van der Waals surface area contributed by atoms with Gasteiger partial charge in [0.2, 0.25) is 0 Å². The zero-order valence-corrected chi connectivity index (χ0v) is 15.8. The molecule has 5 nitrogen and oxygen atoms in total. The van der Waals surface area contributed by atoms with Crippen molar-refractivity contribution in [2.75, 3.05) is 5.32 Å². The predicted octanol–water partition coefficient (Wildman–Crippen LogP) is 4.56. The van der Waals surface area contributed by atoms with E-state index < -0.39 is 0 Å². The molecule has 0 aliphatic heterocycles. The van der Waals surface area contributed by atoms with Crippen LogP contribution in [0.4, 0.5) is 5.69 Å². The number of nitrogens with zero attached hydrogens (tertiary/aromatic N) is 2. The molecule has 130 valence electrons. The van der Waals surface area contributed by atoms with Crippen molar-refractivity contribution < 1.29 is 9.90 Å². The largest absolute Gasteiger partial charge is 0.506 e. The molecule has 0 bridgehead atoms. The van der Waals surface area contributed by atoms with E-state index >= 15 is 0 Å². The summed E-state index contributed by atoms with van der Waals surface area (Å²) in [7, 11) is 0. The van der Waals surface area contributed by atoms with E-state index in [0.29, 0.717) is 10.6 Å². The summed E-state index contributed by atoms with van der Waals surface area (Å²) in [6, 6.07) is 6.68. The molecule has 0 aliphatic carbocycles. The molecule has 1 amide bonds. The number of benzene rings is 1. The van der Waals surface area contributed by atoms with Gasteiger partial charge in [-0.05, 0) is 31.5 Å². The van der Waals surface area contributed by atoms with Crippen LogP contribution in [0.2, 0.25) is 0 Å². The molecule has 3 rings (SSSR count). The van der Waals surface area contributed by atoms with Crippen molar-refractivity contribution in [1.29, 1.82) is 0 Å². The monoisotopic (exact) mass is 355 g/mol. The van der Waals surface area contributed by atoms with E-state index in [4.69, 9.17) is 0 Å². The minimum atomic E-state index is -0.251. The number of nitrogens with one attached hydrogen (secondary N) is 1. The van der Waals surface area contributed by atoms with E-state index in [-0.39, 0.29) is 17.1 Å². The van der Waals surface area contributed by atoms with E-state index in [2.05, 4.69) is 36.1 Å². The van der Waals surface area contributed by atoms with Crippen LogP contribution in [-0.4, -0.2) is 21.0 Å². The molecule has 2 aromatic heterocycles. The number of amides is 1. The topological polar surface area (TPSA) is 75.1 Å². The van der Waals surface area contributed by atoms with Gasteiger partial charge < -0.3 is 10.4 Å². The van der Waals surface area contributed by atoms with Crippen LogP contribution >= 0.6 is 11.3 Å². The maximum Gasteiger partial charge on any atom is 0.266 e. The highest BCUT2D eigenvalue weighted by molar-refractivity contribution is 7.20. The van der Waals surface area contributed by atoms with Gasteiger partial charge >= 0.3 is 0 Å². The molecule has 0 saturated carbocycles. The van der Waals surface area contributed by atoms with Crippen LogP contribution in [0.25, 0.3) is 10.2 Å². The summed E-state index contributed by atoms with van der Waals surface area (Å²) in [5.74, 6) is 0.561. The molecule has 25 heavy (non-hydrogen) atoms. The quantitative estimate of drug-likeness (QED) is 0.661. The summed E-state index contributed by atoms with van der Waals surface area (Å²) >= 11 is 1.36. The summed E-state index contributed by atoms with van der Waals surface area (Å²) in [6.45, 7) is 10.1. The number of fused-ring (bicyclic) bond motifs is 1. The van der Waals surface area contributed by atoms with Gasteiger partial charge in [-0.1, -0.05) is 32.9 Å². The second kappa shape index (κ2) is 6.11. The van der Waals surface area contributed by atoms with Crippen molar-refractivity contribution in [1.82, 2.24) is 9.97 Å². The van der Waals surface area contributed by atoms with Crippen molar-refractivity contribution >= 4 is 33.1 Å². The SMILES string of the molecule is Cc1nc(C(C)(C)C)nc2sc(C(=O)Nc3ccccc3O)c(C)c12. The van der Waals surface area contributed by atoms with Crippen LogP contribution in [0.3, 0.4) is 0 Å². The average molecular weight is 355 g/mol. The van der Waals surface area contributed by atoms with Gasteiger partial charge in [0.15, 0.2) is 0 Å².